The fourth-order valence-electron chi connectivity index (χ4n) is 3.62. The number of nitrogens with zero attached hydrogens (tertiary/aromatic N) is 2. The standard InChI is InChI=1S/C17H31N3/c1-15(2,3)13-11-12(19-10-18-11)14(16(4,5)6)20(13)17(7,8)9/h10,13-14H,1-9H3,(H,18,19). The minimum absolute atomic E-state index is 0.109. The lowest BCUT2D eigenvalue weighted by atomic mass is 9.81. The molecule has 0 aromatic carbocycles. The average Bonchev–Trinajstić information content (AvgIpc) is 2.67. The van der Waals surface area contributed by atoms with Crippen LogP contribution in [0.15, 0.2) is 6.33 Å². The molecule has 114 valence electrons. The fourth-order valence-corrected chi connectivity index (χ4v) is 3.62. The number of hydrogen-bond acceptors (Lipinski definition) is 2. The van der Waals surface area contributed by atoms with Crippen LogP contribution in [0.25, 0.3) is 0 Å². The van der Waals surface area contributed by atoms with E-state index in [0.29, 0.717) is 12.1 Å². The molecule has 0 saturated carbocycles. The third-order valence-corrected chi connectivity index (χ3v) is 4.20. The molecule has 3 heteroatoms. The van der Waals surface area contributed by atoms with Crippen molar-refractivity contribution in [3.05, 3.63) is 17.7 Å². The van der Waals surface area contributed by atoms with E-state index >= 15 is 0 Å². The summed E-state index contributed by atoms with van der Waals surface area (Å²) in [7, 11) is 0. The van der Waals surface area contributed by atoms with E-state index in [-0.39, 0.29) is 16.4 Å². The number of fused-ring (bicyclic) bond motifs is 1. The first-order chi connectivity index (χ1) is 8.85. The summed E-state index contributed by atoms with van der Waals surface area (Å²) in [5.41, 5.74) is 3.00. The van der Waals surface area contributed by atoms with Crippen molar-refractivity contribution in [3.8, 4) is 0 Å². The highest BCUT2D eigenvalue weighted by molar-refractivity contribution is 5.31. The molecule has 0 radical (unpaired) electrons. The molecule has 1 aromatic rings. The van der Waals surface area contributed by atoms with Crippen LogP contribution < -0.4 is 0 Å². The first-order valence-corrected chi connectivity index (χ1v) is 7.67. The van der Waals surface area contributed by atoms with Crippen LogP contribution in [0.1, 0.15) is 85.8 Å². The zero-order chi connectivity index (χ0) is 15.5. The van der Waals surface area contributed by atoms with E-state index in [0.717, 1.165) is 0 Å². The van der Waals surface area contributed by atoms with Gasteiger partial charge in [-0.15, -0.1) is 0 Å². The van der Waals surface area contributed by atoms with Gasteiger partial charge in [-0.05, 0) is 31.6 Å². The lowest BCUT2D eigenvalue weighted by Gasteiger charge is -2.49. The molecular weight excluding hydrogens is 246 g/mol. The summed E-state index contributed by atoms with van der Waals surface area (Å²) in [4.78, 5) is 10.8. The van der Waals surface area contributed by atoms with Crippen molar-refractivity contribution in [3.63, 3.8) is 0 Å². The van der Waals surface area contributed by atoms with Crippen molar-refractivity contribution >= 4 is 0 Å². The summed E-state index contributed by atoms with van der Waals surface area (Å²) in [6, 6.07) is 0.734. The van der Waals surface area contributed by atoms with Gasteiger partial charge < -0.3 is 4.98 Å². The van der Waals surface area contributed by atoms with Crippen molar-refractivity contribution in [2.24, 2.45) is 10.8 Å². The molecule has 3 nitrogen and oxygen atoms in total. The van der Waals surface area contributed by atoms with E-state index < -0.39 is 0 Å². The van der Waals surface area contributed by atoms with Crippen LogP contribution in [0.2, 0.25) is 0 Å². The Morgan fingerprint density at radius 1 is 0.900 bits per heavy atom. The molecule has 1 aliphatic heterocycles. The van der Waals surface area contributed by atoms with E-state index in [9.17, 15) is 0 Å². The molecule has 1 aromatic heterocycles. The van der Waals surface area contributed by atoms with Crippen LogP contribution in [0.3, 0.4) is 0 Å². The summed E-state index contributed by atoms with van der Waals surface area (Å²) < 4.78 is 0. The largest absolute Gasteiger partial charge is 0.347 e. The first-order valence-electron chi connectivity index (χ1n) is 7.67. The van der Waals surface area contributed by atoms with E-state index in [4.69, 9.17) is 0 Å². The molecule has 2 unspecified atom stereocenters. The molecule has 0 aliphatic carbocycles. The van der Waals surface area contributed by atoms with Crippen molar-refractivity contribution < 1.29 is 0 Å². The van der Waals surface area contributed by atoms with E-state index in [1.807, 2.05) is 6.33 Å². The number of H-pyrrole nitrogens is 1. The van der Waals surface area contributed by atoms with Gasteiger partial charge in [0.05, 0.1) is 29.8 Å². The van der Waals surface area contributed by atoms with Crippen molar-refractivity contribution in [1.82, 2.24) is 14.9 Å². The van der Waals surface area contributed by atoms with Gasteiger partial charge in [-0.25, -0.2) is 4.98 Å². The van der Waals surface area contributed by atoms with Crippen molar-refractivity contribution in [2.45, 2.75) is 79.9 Å². The van der Waals surface area contributed by atoms with E-state index in [2.05, 4.69) is 77.2 Å². The minimum Gasteiger partial charge on any atom is -0.347 e. The molecule has 2 heterocycles. The second-order valence-electron chi connectivity index (χ2n) is 9.32. The number of imidazole rings is 1. The Hall–Kier alpha value is -0.830. The molecule has 2 rings (SSSR count). The van der Waals surface area contributed by atoms with Gasteiger partial charge in [0, 0.05) is 5.54 Å². The van der Waals surface area contributed by atoms with Crippen LogP contribution >= 0.6 is 0 Å². The molecule has 0 fully saturated rings. The predicted molar refractivity (Wildman–Crippen MR) is 84.6 cm³/mol. The number of aromatic amines is 1. The maximum atomic E-state index is 4.67. The Balaban J connectivity index is 2.64. The zero-order valence-corrected chi connectivity index (χ0v) is 14.6. The molecule has 0 amide bonds. The fraction of sp³-hybridized carbons (Fsp3) is 0.824. The van der Waals surface area contributed by atoms with Gasteiger partial charge in [0.15, 0.2) is 0 Å². The SMILES string of the molecule is CC(C)(C)C1c2nc[nH]c2C(C(C)(C)C)N1C(C)(C)C. The second-order valence-corrected chi connectivity index (χ2v) is 9.32. The minimum atomic E-state index is 0.109. The molecule has 1 N–H and O–H groups in total. The van der Waals surface area contributed by atoms with E-state index in [1.54, 1.807) is 0 Å². The third kappa shape index (κ3) is 2.41. The molecule has 0 spiro atoms. The van der Waals surface area contributed by atoms with Gasteiger partial charge in [0.1, 0.15) is 0 Å². The molecule has 0 bridgehead atoms. The Morgan fingerprint density at radius 3 is 1.80 bits per heavy atom. The van der Waals surface area contributed by atoms with Crippen molar-refractivity contribution in [2.75, 3.05) is 0 Å². The lowest BCUT2D eigenvalue weighted by molar-refractivity contribution is -0.0387. The highest BCUT2D eigenvalue weighted by Gasteiger charge is 2.53. The predicted octanol–water partition coefficient (Wildman–Crippen LogP) is 4.70. The first kappa shape index (κ1) is 15.6. The molecule has 0 saturated heterocycles. The van der Waals surface area contributed by atoms with Crippen LogP contribution in [0, 0.1) is 10.8 Å². The van der Waals surface area contributed by atoms with Gasteiger partial charge in [0.2, 0.25) is 0 Å². The van der Waals surface area contributed by atoms with Gasteiger partial charge in [-0.1, -0.05) is 41.5 Å². The Kier molecular flexibility index (Phi) is 3.37. The number of nitrogens with one attached hydrogen (secondary N) is 1. The maximum absolute atomic E-state index is 4.67. The summed E-state index contributed by atoms with van der Waals surface area (Å²) in [6.07, 6.45) is 1.86. The number of rotatable bonds is 0. The lowest BCUT2D eigenvalue weighted by Crippen LogP contribution is -2.49. The normalized spacial score (nSPS) is 25.1. The Labute approximate surface area is 124 Å². The quantitative estimate of drug-likeness (QED) is 0.745. The Morgan fingerprint density at radius 2 is 1.40 bits per heavy atom. The smallest absolute Gasteiger partial charge is 0.0926 e. The summed E-state index contributed by atoms with van der Waals surface area (Å²) >= 11 is 0. The van der Waals surface area contributed by atoms with Crippen LogP contribution in [0.4, 0.5) is 0 Å². The molecule has 20 heavy (non-hydrogen) atoms. The summed E-state index contributed by atoms with van der Waals surface area (Å²) in [6.45, 7) is 20.9. The maximum Gasteiger partial charge on any atom is 0.0926 e. The van der Waals surface area contributed by atoms with Crippen LogP contribution in [0.5, 0.6) is 0 Å². The van der Waals surface area contributed by atoms with Crippen molar-refractivity contribution in [1.29, 1.82) is 0 Å². The van der Waals surface area contributed by atoms with Gasteiger partial charge >= 0.3 is 0 Å². The van der Waals surface area contributed by atoms with E-state index in [1.165, 1.54) is 11.4 Å². The monoisotopic (exact) mass is 277 g/mol. The topological polar surface area (TPSA) is 31.9 Å². The molecule has 2 atom stereocenters. The highest BCUT2D eigenvalue weighted by atomic mass is 15.3. The molecular formula is C17H31N3. The third-order valence-electron chi connectivity index (χ3n) is 4.20. The van der Waals surface area contributed by atoms with Crippen LogP contribution in [-0.4, -0.2) is 20.4 Å². The summed E-state index contributed by atoms with van der Waals surface area (Å²) in [5.74, 6) is 0. The number of hydrogen-bond donors (Lipinski definition) is 1. The summed E-state index contributed by atoms with van der Waals surface area (Å²) in [5, 5.41) is 0. The molecule has 1 aliphatic rings. The van der Waals surface area contributed by atoms with Gasteiger partial charge in [-0.2, -0.15) is 0 Å². The Bertz CT molecular complexity index is 443. The van der Waals surface area contributed by atoms with Gasteiger partial charge in [0.25, 0.3) is 0 Å². The second kappa shape index (κ2) is 4.33. The van der Waals surface area contributed by atoms with Gasteiger partial charge in [-0.3, -0.25) is 4.90 Å². The highest BCUT2D eigenvalue weighted by Crippen LogP contribution is 2.56. The average molecular weight is 277 g/mol. The number of aromatic nitrogens is 2. The zero-order valence-electron chi connectivity index (χ0n) is 14.6. The van der Waals surface area contributed by atoms with Crippen LogP contribution in [-0.2, 0) is 0 Å².